The molecule has 86 valence electrons. The second kappa shape index (κ2) is 7.96. The lowest BCUT2D eigenvalue weighted by Crippen LogP contribution is -2.27. The second-order valence-electron chi connectivity index (χ2n) is 3.40. The number of hydrogen-bond donors (Lipinski definition) is 2. The highest BCUT2D eigenvalue weighted by molar-refractivity contribution is 5.93. The van der Waals surface area contributed by atoms with Crippen molar-refractivity contribution in [1.29, 1.82) is 0 Å². The van der Waals surface area contributed by atoms with E-state index >= 15 is 0 Å². The summed E-state index contributed by atoms with van der Waals surface area (Å²) in [5.41, 5.74) is 0. The lowest BCUT2D eigenvalue weighted by molar-refractivity contribution is -0.129. The summed E-state index contributed by atoms with van der Waals surface area (Å²) < 4.78 is 0. The number of unbranched alkanes of at least 4 members (excludes halogenated alkanes) is 2. The monoisotopic (exact) mass is 214 g/mol. The normalized spacial score (nSPS) is 9.47. The van der Waals surface area contributed by atoms with Gasteiger partial charge in [-0.05, 0) is 12.8 Å². The van der Waals surface area contributed by atoms with Crippen molar-refractivity contribution in [3.8, 4) is 0 Å². The molecule has 0 radical (unpaired) electrons. The van der Waals surface area contributed by atoms with Gasteiger partial charge in [-0.3, -0.25) is 19.7 Å². The number of imide groups is 1. The molecule has 0 aromatic carbocycles. The Bertz CT molecular complexity index is 239. The first-order chi connectivity index (χ1) is 7.02. The van der Waals surface area contributed by atoms with E-state index in [2.05, 4.69) is 10.6 Å². The molecule has 0 aliphatic heterocycles. The molecule has 0 fully saturated rings. The molecular formula is C10H18N2O3. The van der Waals surface area contributed by atoms with Gasteiger partial charge in [0.1, 0.15) is 0 Å². The second-order valence-corrected chi connectivity index (χ2v) is 3.40. The molecule has 2 N–H and O–H groups in total. The molecule has 5 heteroatoms. The Labute approximate surface area is 89.6 Å². The molecule has 0 unspecified atom stereocenters. The van der Waals surface area contributed by atoms with Crippen LogP contribution in [0.25, 0.3) is 0 Å². The van der Waals surface area contributed by atoms with E-state index in [1.54, 1.807) is 0 Å². The van der Waals surface area contributed by atoms with E-state index < -0.39 is 0 Å². The molecule has 0 atom stereocenters. The van der Waals surface area contributed by atoms with Gasteiger partial charge in [0.15, 0.2) is 0 Å². The van der Waals surface area contributed by atoms with Crippen molar-refractivity contribution in [3.05, 3.63) is 0 Å². The quantitative estimate of drug-likeness (QED) is 0.626. The van der Waals surface area contributed by atoms with Crippen LogP contribution >= 0.6 is 0 Å². The molecule has 15 heavy (non-hydrogen) atoms. The van der Waals surface area contributed by atoms with Crippen LogP contribution in [0.5, 0.6) is 0 Å². The summed E-state index contributed by atoms with van der Waals surface area (Å²) >= 11 is 0. The van der Waals surface area contributed by atoms with E-state index in [-0.39, 0.29) is 17.7 Å². The summed E-state index contributed by atoms with van der Waals surface area (Å²) in [6, 6.07) is 0. The van der Waals surface area contributed by atoms with Crippen LogP contribution in [0.1, 0.15) is 39.5 Å². The fraction of sp³-hybridized carbons (Fsp3) is 0.700. The summed E-state index contributed by atoms with van der Waals surface area (Å²) in [5, 5.41) is 4.88. The van der Waals surface area contributed by atoms with Gasteiger partial charge >= 0.3 is 0 Å². The number of carbonyl (C=O) groups excluding carboxylic acids is 3. The fourth-order valence-electron chi connectivity index (χ4n) is 1.11. The van der Waals surface area contributed by atoms with Gasteiger partial charge in [0.2, 0.25) is 17.7 Å². The molecule has 0 heterocycles. The van der Waals surface area contributed by atoms with Crippen LogP contribution in [0.2, 0.25) is 0 Å². The van der Waals surface area contributed by atoms with Gasteiger partial charge in [-0.2, -0.15) is 0 Å². The van der Waals surface area contributed by atoms with Crippen LogP contribution < -0.4 is 10.6 Å². The summed E-state index contributed by atoms with van der Waals surface area (Å²) in [5.74, 6) is -0.593. The van der Waals surface area contributed by atoms with Crippen LogP contribution in [0.15, 0.2) is 0 Å². The van der Waals surface area contributed by atoms with Crippen LogP contribution in [0, 0.1) is 0 Å². The highest BCUT2D eigenvalue weighted by Gasteiger charge is 2.02. The Kier molecular flexibility index (Phi) is 7.23. The summed E-state index contributed by atoms with van der Waals surface area (Å²) in [6.45, 7) is 3.43. The third kappa shape index (κ3) is 10.5. The zero-order valence-electron chi connectivity index (χ0n) is 9.26. The molecule has 0 aromatic heterocycles. The van der Waals surface area contributed by atoms with Crippen molar-refractivity contribution in [1.82, 2.24) is 10.6 Å². The first-order valence-electron chi connectivity index (χ1n) is 5.07. The Hall–Kier alpha value is -1.39. The van der Waals surface area contributed by atoms with Gasteiger partial charge in [0, 0.05) is 26.8 Å². The average molecular weight is 214 g/mol. The Balaban J connectivity index is 3.27. The van der Waals surface area contributed by atoms with E-state index in [0.717, 1.165) is 19.3 Å². The third-order valence-corrected chi connectivity index (χ3v) is 1.77. The van der Waals surface area contributed by atoms with E-state index in [4.69, 9.17) is 0 Å². The smallest absolute Gasteiger partial charge is 0.226 e. The van der Waals surface area contributed by atoms with Crippen molar-refractivity contribution < 1.29 is 14.4 Å². The maximum atomic E-state index is 11.0. The summed E-state index contributed by atoms with van der Waals surface area (Å²) in [6.07, 6.45) is 2.82. The van der Waals surface area contributed by atoms with Crippen LogP contribution in [0.4, 0.5) is 0 Å². The largest absolute Gasteiger partial charge is 0.356 e. The minimum atomic E-state index is -0.321. The van der Waals surface area contributed by atoms with Crippen molar-refractivity contribution >= 4 is 17.7 Å². The Morgan fingerprint density at radius 2 is 1.60 bits per heavy atom. The number of nitrogens with one attached hydrogen (secondary N) is 2. The number of amides is 3. The lowest BCUT2D eigenvalue weighted by Gasteiger charge is -2.02. The molecule has 0 rings (SSSR count). The van der Waals surface area contributed by atoms with E-state index in [0.29, 0.717) is 13.0 Å². The maximum Gasteiger partial charge on any atom is 0.226 e. The van der Waals surface area contributed by atoms with Crippen LogP contribution in [-0.2, 0) is 14.4 Å². The predicted octanol–water partition coefficient (Wildman–Crippen LogP) is 0.346. The van der Waals surface area contributed by atoms with Crippen LogP contribution in [0.3, 0.4) is 0 Å². The maximum absolute atomic E-state index is 11.0. The molecule has 0 aliphatic rings. The molecule has 0 saturated carbocycles. The number of carbonyl (C=O) groups is 3. The first-order valence-corrected chi connectivity index (χ1v) is 5.07. The molecule has 0 spiro atoms. The lowest BCUT2D eigenvalue weighted by atomic mass is 10.2. The van der Waals surface area contributed by atoms with Gasteiger partial charge < -0.3 is 5.32 Å². The van der Waals surface area contributed by atoms with Crippen molar-refractivity contribution in [2.45, 2.75) is 39.5 Å². The number of rotatable bonds is 6. The standard InChI is InChI=1S/C10H18N2O3/c1-8(13)11-7-5-3-4-6-10(15)12-9(2)14/h3-7H2,1-2H3,(H,11,13)(H,12,14,15). The Morgan fingerprint density at radius 1 is 0.933 bits per heavy atom. The van der Waals surface area contributed by atoms with Crippen molar-refractivity contribution in [3.63, 3.8) is 0 Å². The first kappa shape index (κ1) is 13.6. The van der Waals surface area contributed by atoms with E-state index in [9.17, 15) is 14.4 Å². The molecule has 3 amide bonds. The highest BCUT2D eigenvalue weighted by atomic mass is 16.2. The zero-order valence-corrected chi connectivity index (χ0v) is 9.26. The van der Waals surface area contributed by atoms with E-state index in [1.165, 1.54) is 13.8 Å². The average Bonchev–Trinajstić information content (AvgIpc) is 2.09. The third-order valence-electron chi connectivity index (χ3n) is 1.77. The topological polar surface area (TPSA) is 75.3 Å². The minimum Gasteiger partial charge on any atom is -0.356 e. The Morgan fingerprint density at radius 3 is 2.13 bits per heavy atom. The summed E-state index contributed by atoms with van der Waals surface area (Å²) in [4.78, 5) is 32.0. The molecular weight excluding hydrogens is 196 g/mol. The zero-order chi connectivity index (χ0) is 11.7. The SMILES string of the molecule is CC(=O)NCCCCCC(=O)NC(C)=O. The summed E-state index contributed by atoms with van der Waals surface area (Å²) in [7, 11) is 0. The van der Waals surface area contributed by atoms with Crippen LogP contribution in [-0.4, -0.2) is 24.3 Å². The molecule has 0 saturated heterocycles. The highest BCUT2D eigenvalue weighted by Crippen LogP contribution is 1.98. The van der Waals surface area contributed by atoms with E-state index in [1.807, 2.05) is 0 Å². The van der Waals surface area contributed by atoms with Crippen molar-refractivity contribution in [2.75, 3.05) is 6.54 Å². The van der Waals surface area contributed by atoms with Gasteiger partial charge in [-0.15, -0.1) is 0 Å². The molecule has 5 nitrogen and oxygen atoms in total. The molecule has 0 aliphatic carbocycles. The number of hydrogen-bond acceptors (Lipinski definition) is 3. The predicted molar refractivity (Wildman–Crippen MR) is 56.0 cm³/mol. The van der Waals surface area contributed by atoms with Gasteiger partial charge in [0.05, 0.1) is 0 Å². The molecule has 0 aromatic rings. The van der Waals surface area contributed by atoms with Gasteiger partial charge in [-0.1, -0.05) is 6.42 Å². The van der Waals surface area contributed by atoms with Gasteiger partial charge in [-0.25, -0.2) is 0 Å². The van der Waals surface area contributed by atoms with Crippen molar-refractivity contribution in [2.24, 2.45) is 0 Å². The van der Waals surface area contributed by atoms with Gasteiger partial charge in [0.25, 0.3) is 0 Å². The minimum absolute atomic E-state index is 0.0377. The fourth-order valence-corrected chi connectivity index (χ4v) is 1.11. The molecule has 0 bridgehead atoms.